The highest BCUT2D eigenvalue weighted by atomic mass is 16.2. The number of nitrogens with zero attached hydrogens (tertiary/aromatic N) is 2. The maximum absolute atomic E-state index is 14.2. The van der Waals surface area contributed by atoms with Crippen molar-refractivity contribution in [2.75, 3.05) is 26.2 Å². The van der Waals surface area contributed by atoms with Crippen molar-refractivity contribution < 1.29 is 28.8 Å². The molecule has 0 bridgehead atoms. The summed E-state index contributed by atoms with van der Waals surface area (Å²) in [7, 11) is 0. The summed E-state index contributed by atoms with van der Waals surface area (Å²) in [6.07, 6.45) is 2.82. The Morgan fingerprint density at radius 2 is 1.56 bits per heavy atom. The number of urea groups is 1. The van der Waals surface area contributed by atoms with E-state index < -0.39 is 59.1 Å². The van der Waals surface area contributed by atoms with Crippen LogP contribution in [0.25, 0.3) is 0 Å². The molecular weight excluding hydrogens is 576 g/mol. The third-order valence-corrected chi connectivity index (χ3v) is 8.38. The van der Waals surface area contributed by atoms with Gasteiger partial charge in [-0.25, -0.2) is 4.79 Å². The normalized spacial score (nSPS) is 18.5. The van der Waals surface area contributed by atoms with Gasteiger partial charge in [-0.15, -0.1) is 6.58 Å². The molecule has 4 N–H and O–H groups in total. The first-order valence-electron chi connectivity index (χ1n) is 16.4. The van der Waals surface area contributed by atoms with Crippen molar-refractivity contribution in [1.29, 1.82) is 0 Å². The summed E-state index contributed by atoms with van der Waals surface area (Å²) < 4.78 is 0. The van der Waals surface area contributed by atoms with Gasteiger partial charge in [0.25, 0.3) is 5.91 Å². The van der Waals surface area contributed by atoms with Crippen LogP contribution in [0.15, 0.2) is 12.7 Å². The monoisotopic (exact) mass is 634 g/mol. The molecule has 12 nitrogen and oxygen atoms in total. The first-order chi connectivity index (χ1) is 21.0. The van der Waals surface area contributed by atoms with E-state index in [0.717, 1.165) is 0 Å². The number of nitrogens with one attached hydrogen (secondary N) is 4. The standard InChI is InChI=1S/C33H58N6O6/c1-12-16-23(26(40)29(42)34-18-13-2)35-28(41)25-22(20(5)6)17-19-39(25)31(44)27(33(9,10)11)37-32(45)36-24(21(7)8)30(43)38(14-3)15-4/h13,20-25,27H,2,12,14-19H2,1,3-11H3,(H,34,42)(H,35,41)(H2,36,37,45)/t22-,23?,24+,25+,27-/m1/s1. The first-order valence-corrected chi connectivity index (χ1v) is 16.4. The predicted molar refractivity (Wildman–Crippen MR) is 175 cm³/mol. The Hall–Kier alpha value is -3.44. The Morgan fingerprint density at radius 1 is 0.956 bits per heavy atom. The lowest BCUT2D eigenvalue weighted by Crippen LogP contribution is -2.62. The van der Waals surface area contributed by atoms with Gasteiger partial charge in [-0.05, 0) is 49.9 Å². The van der Waals surface area contributed by atoms with E-state index in [4.69, 9.17) is 0 Å². The Labute approximate surface area is 269 Å². The molecule has 1 unspecified atom stereocenters. The maximum Gasteiger partial charge on any atom is 0.316 e. The van der Waals surface area contributed by atoms with E-state index in [1.807, 2.05) is 69.2 Å². The molecule has 5 atom stereocenters. The fourth-order valence-electron chi connectivity index (χ4n) is 5.70. The topological polar surface area (TPSA) is 157 Å². The van der Waals surface area contributed by atoms with Crippen LogP contribution in [0.2, 0.25) is 0 Å². The average Bonchev–Trinajstić information content (AvgIpc) is 3.42. The zero-order chi connectivity index (χ0) is 34.6. The second-order valence-corrected chi connectivity index (χ2v) is 13.5. The second kappa shape index (κ2) is 17.9. The number of Topliss-reactive ketones (excluding diaryl/α,β-unsaturated/α-hetero) is 1. The van der Waals surface area contributed by atoms with E-state index in [2.05, 4.69) is 27.8 Å². The minimum atomic E-state index is -1.05. The van der Waals surface area contributed by atoms with Crippen LogP contribution in [0, 0.1) is 23.2 Å². The molecule has 12 heteroatoms. The number of rotatable bonds is 16. The third-order valence-electron chi connectivity index (χ3n) is 8.38. The van der Waals surface area contributed by atoms with Crippen LogP contribution in [-0.2, 0) is 24.0 Å². The predicted octanol–water partition coefficient (Wildman–Crippen LogP) is 2.62. The molecule has 1 heterocycles. The molecule has 1 fully saturated rings. The minimum Gasteiger partial charge on any atom is -0.346 e. The van der Waals surface area contributed by atoms with Gasteiger partial charge in [-0.3, -0.25) is 24.0 Å². The van der Waals surface area contributed by atoms with Gasteiger partial charge >= 0.3 is 6.03 Å². The molecule has 0 aromatic heterocycles. The van der Waals surface area contributed by atoms with Crippen molar-refractivity contribution in [3.63, 3.8) is 0 Å². The van der Waals surface area contributed by atoms with E-state index in [9.17, 15) is 28.8 Å². The van der Waals surface area contributed by atoms with Gasteiger partial charge in [0.2, 0.25) is 23.5 Å². The summed E-state index contributed by atoms with van der Waals surface area (Å²) in [6, 6.07) is -4.40. The zero-order valence-corrected chi connectivity index (χ0v) is 29.1. The van der Waals surface area contributed by atoms with Crippen LogP contribution < -0.4 is 21.3 Å². The highest BCUT2D eigenvalue weighted by molar-refractivity contribution is 6.38. The fraction of sp³-hybridized carbons (Fsp3) is 0.758. The molecule has 0 aromatic carbocycles. The summed E-state index contributed by atoms with van der Waals surface area (Å²) >= 11 is 0. The van der Waals surface area contributed by atoms with E-state index >= 15 is 0 Å². The Balaban J connectivity index is 3.32. The molecular formula is C33H58N6O6. The number of hydrogen-bond donors (Lipinski definition) is 4. The minimum absolute atomic E-state index is 0.0389. The van der Waals surface area contributed by atoms with Gasteiger partial charge in [-0.1, -0.05) is 67.9 Å². The average molecular weight is 635 g/mol. The number of carbonyl (C=O) groups excluding carboxylic acids is 6. The molecule has 0 spiro atoms. The van der Waals surface area contributed by atoms with Crippen LogP contribution in [0.5, 0.6) is 0 Å². The third kappa shape index (κ3) is 10.8. The van der Waals surface area contributed by atoms with E-state index in [1.54, 1.807) is 4.90 Å². The van der Waals surface area contributed by atoms with Crippen LogP contribution in [0.3, 0.4) is 0 Å². The van der Waals surface area contributed by atoms with E-state index in [0.29, 0.717) is 25.9 Å². The lowest BCUT2D eigenvalue weighted by molar-refractivity contribution is -0.144. The lowest BCUT2D eigenvalue weighted by Gasteiger charge is -2.37. The fourth-order valence-corrected chi connectivity index (χ4v) is 5.70. The van der Waals surface area contributed by atoms with Crippen LogP contribution >= 0.6 is 0 Å². The molecule has 0 radical (unpaired) electrons. The van der Waals surface area contributed by atoms with Crippen LogP contribution in [-0.4, -0.2) is 95.6 Å². The van der Waals surface area contributed by atoms with Crippen molar-refractivity contribution in [3.8, 4) is 0 Å². The van der Waals surface area contributed by atoms with Gasteiger partial charge < -0.3 is 31.1 Å². The van der Waals surface area contributed by atoms with Gasteiger partial charge in [0.05, 0.1) is 6.04 Å². The summed E-state index contributed by atoms with van der Waals surface area (Å²) in [5.41, 5.74) is -0.745. The highest BCUT2D eigenvalue weighted by Crippen LogP contribution is 2.33. The number of likely N-dealkylation sites (tertiary alicyclic amines) is 1. The Morgan fingerprint density at radius 3 is 2.02 bits per heavy atom. The van der Waals surface area contributed by atoms with Gasteiger partial charge in [0, 0.05) is 26.2 Å². The van der Waals surface area contributed by atoms with E-state index in [-0.39, 0.29) is 43.2 Å². The Bertz CT molecular complexity index is 1060. The SMILES string of the molecule is C=CCNC(=O)C(=O)C(CCC)NC(=O)[C@@H]1[C@@H](C(C)C)CCN1C(=O)[C@@H](NC(=O)N[C@H](C(=O)N(CC)CC)C(C)C)C(C)(C)C. The van der Waals surface area contributed by atoms with Crippen LogP contribution in [0.4, 0.5) is 4.79 Å². The van der Waals surface area contributed by atoms with Crippen LogP contribution in [0.1, 0.15) is 88.5 Å². The lowest BCUT2D eigenvalue weighted by atomic mass is 9.84. The van der Waals surface area contributed by atoms with Crippen molar-refractivity contribution in [2.24, 2.45) is 23.2 Å². The van der Waals surface area contributed by atoms with Crippen molar-refractivity contribution in [2.45, 2.75) is 113 Å². The quantitative estimate of drug-likeness (QED) is 0.151. The van der Waals surface area contributed by atoms with Gasteiger partial charge in [0.15, 0.2) is 0 Å². The molecule has 1 aliphatic rings. The van der Waals surface area contributed by atoms with Gasteiger partial charge in [-0.2, -0.15) is 0 Å². The van der Waals surface area contributed by atoms with Crippen molar-refractivity contribution in [1.82, 2.24) is 31.1 Å². The number of amides is 6. The summed E-state index contributed by atoms with van der Waals surface area (Å²) in [5.74, 6) is -3.06. The van der Waals surface area contributed by atoms with Crippen molar-refractivity contribution >= 4 is 35.4 Å². The number of likely N-dealkylation sites (N-methyl/N-ethyl adjacent to an activating group) is 1. The highest BCUT2D eigenvalue weighted by Gasteiger charge is 2.47. The van der Waals surface area contributed by atoms with E-state index in [1.165, 1.54) is 11.0 Å². The largest absolute Gasteiger partial charge is 0.346 e. The molecule has 45 heavy (non-hydrogen) atoms. The van der Waals surface area contributed by atoms with Gasteiger partial charge in [0.1, 0.15) is 18.1 Å². The molecule has 1 saturated heterocycles. The van der Waals surface area contributed by atoms with Crippen molar-refractivity contribution in [3.05, 3.63) is 12.7 Å². The smallest absolute Gasteiger partial charge is 0.316 e. The molecule has 1 rings (SSSR count). The molecule has 256 valence electrons. The number of hydrogen-bond acceptors (Lipinski definition) is 6. The summed E-state index contributed by atoms with van der Waals surface area (Å²) in [4.78, 5) is 83.0. The number of ketones is 1. The molecule has 6 amide bonds. The molecule has 0 saturated carbocycles. The Kier molecular flexibility index (Phi) is 15.7. The zero-order valence-electron chi connectivity index (χ0n) is 29.1. The molecule has 0 aliphatic carbocycles. The first kappa shape index (κ1) is 39.6. The summed E-state index contributed by atoms with van der Waals surface area (Å²) in [6.45, 7) is 23.6. The number of carbonyl (C=O) groups is 6. The molecule has 0 aromatic rings. The second-order valence-electron chi connectivity index (χ2n) is 13.5. The summed E-state index contributed by atoms with van der Waals surface area (Å²) in [5, 5.41) is 10.8. The maximum atomic E-state index is 14.2. The molecule has 1 aliphatic heterocycles.